The van der Waals surface area contributed by atoms with Gasteiger partial charge in [0.15, 0.2) is 0 Å². The molecule has 0 aromatic carbocycles. The fraction of sp³-hybridized carbons (Fsp3) is 0.750. The van der Waals surface area contributed by atoms with E-state index in [9.17, 15) is 4.79 Å². The van der Waals surface area contributed by atoms with Crippen molar-refractivity contribution in [2.24, 2.45) is 5.73 Å². The van der Waals surface area contributed by atoms with Crippen LogP contribution in [0.25, 0.3) is 0 Å². The fourth-order valence-corrected chi connectivity index (χ4v) is 0.591. The molecule has 0 radical (unpaired) electrons. The van der Waals surface area contributed by atoms with E-state index in [0.29, 0.717) is 13.3 Å². The van der Waals surface area contributed by atoms with Crippen LogP contribution in [-0.2, 0) is 9.53 Å². The van der Waals surface area contributed by atoms with Gasteiger partial charge in [-0.1, -0.05) is 0 Å². The van der Waals surface area contributed by atoms with Gasteiger partial charge in [-0.3, -0.25) is 10.1 Å². The summed E-state index contributed by atoms with van der Waals surface area (Å²) in [5, 5.41) is 2.83. The van der Waals surface area contributed by atoms with Crippen LogP contribution in [0.2, 0.25) is 0 Å². The molecule has 0 saturated carbocycles. The Balaban J connectivity index is 0.000000640. The van der Waals surface area contributed by atoms with Crippen molar-refractivity contribution in [3.63, 3.8) is 0 Å². The molecule has 4 nitrogen and oxygen atoms in total. The Morgan fingerprint density at radius 3 is 2.67 bits per heavy atom. The van der Waals surface area contributed by atoms with E-state index in [1.165, 1.54) is 0 Å². The van der Waals surface area contributed by atoms with Gasteiger partial charge in [0.05, 0.1) is 6.73 Å². The molecule has 1 aliphatic heterocycles. The molecule has 9 heavy (non-hydrogen) atoms. The number of amides is 1. The maximum absolute atomic E-state index is 10.3. The Morgan fingerprint density at radius 1 is 1.78 bits per heavy atom. The molecule has 1 heterocycles. The van der Waals surface area contributed by atoms with Crippen molar-refractivity contribution in [3.8, 4) is 0 Å². The van der Waals surface area contributed by atoms with Crippen LogP contribution in [0, 0.1) is 0 Å². The van der Waals surface area contributed by atoms with E-state index in [0.717, 1.165) is 0 Å². The number of rotatable bonds is 1. The van der Waals surface area contributed by atoms with Crippen molar-refractivity contribution >= 4 is 18.3 Å². The average Bonchev–Trinajstić information content (AvgIpc) is 2.12. The predicted molar refractivity (Wildman–Crippen MR) is 34.2 cm³/mol. The van der Waals surface area contributed by atoms with E-state index in [-0.39, 0.29) is 12.4 Å². The van der Waals surface area contributed by atoms with Crippen molar-refractivity contribution in [1.82, 2.24) is 5.32 Å². The van der Waals surface area contributed by atoms with Gasteiger partial charge in [-0.15, -0.1) is 12.4 Å². The lowest BCUT2D eigenvalue weighted by Gasteiger charge is -1.98. The Bertz CT molecular complexity index is 103. The van der Waals surface area contributed by atoms with Gasteiger partial charge < -0.3 is 10.5 Å². The molecule has 1 atom stereocenters. The molecule has 1 saturated heterocycles. The highest BCUT2D eigenvalue weighted by Crippen LogP contribution is 1.93. The minimum atomic E-state index is -0.407. The molecule has 1 aliphatic rings. The van der Waals surface area contributed by atoms with E-state index < -0.39 is 12.0 Å². The SMILES string of the molecule is Cl.NC(=O)C1CNCO1. The number of carbonyl (C=O) groups excluding carboxylic acids is 1. The topological polar surface area (TPSA) is 64.4 Å². The number of nitrogens with two attached hydrogens (primary N) is 1. The van der Waals surface area contributed by atoms with Crippen LogP contribution < -0.4 is 11.1 Å². The van der Waals surface area contributed by atoms with Crippen LogP contribution in [0.15, 0.2) is 0 Å². The Hall–Kier alpha value is -0.320. The highest BCUT2D eigenvalue weighted by molar-refractivity contribution is 5.85. The second kappa shape index (κ2) is 3.66. The Morgan fingerprint density at radius 2 is 2.44 bits per heavy atom. The first-order chi connectivity index (χ1) is 3.80. The molecule has 0 aromatic rings. The summed E-state index contributed by atoms with van der Waals surface area (Å²) >= 11 is 0. The van der Waals surface area contributed by atoms with Gasteiger partial charge in [0.25, 0.3) is 0 Å². The van der Waals surface area contributed by atoms with Crippen molar-refractivity contribution in [3.05, 3.63) is 0 Å². The lowest BCUT2D eigenvalue weighted by Crippen LogP contribution is -2.31. The first-order valence-electron chi connectivity index (χ1n) is 2.42. The molecular formula is C4H9ClN2O2. The summed E-state index contributed by atoms with van der Waals surface area (Å²) in [5.41, 5.74) is 4.89. The Labute approximate surface area is 59.1 Å². The smallest absolute Gasteiger partial charge is 0.247 e. The largest absolute Gasteiger partial charge is 0.367 e. The quantitative estimate of drug-likeness (QED) is 0.498. The van der Waals surface area contributed by atoms with Gasteiger partial charge in [-0.25, -0.2) is 0 Å². The number of carbonyl (C=O) groups is 1. The van der Waals surface area contributed by atoms with E-state index in [2.05, 4.69) is 5.32 Å². The minimum Gasteiger partial charge on any atom is -0.367 e. The number of primary amides is 1. The molecule has 0 bridgehead atoms. The van der Waals surface area contributed by atoms with Gasteiger partial charge in [0.2, 0.25) is 5.91 Å². The maximum atomic E-state index is 10.3. The summed E-state index contributed by atoms with van der Waals surface area (Å²) in [5.74, 6) is -0.394. The molecule has 1 amide bonds. The van der Waals surface area contributed by atoms with Crippen LogP contribution in [0.3, 0.4) is 0 Å². The molecule has 1 unspecified atom stereocenters. The molecule has 54 valence electrons. The average molecular weight is 153 g/mol. The highest BCUT2D eigenvalue weighted by Gasteiger charge is 2.19. The summed E-state index contributed by atoms with van der Waals surface area (Å²) in [4.78, 5) is 10.3. The zero-order valence-electron chi connectivity index (χ0n) is 4.79. The third-order valence-electron chi connectivity index (χ3n) is 1.03. The minimum absolute atomic E-state index is 0. The Kier molecular flexibility index (Phi) is 3.53. The maximum Gasteiger partial charge on any atom is 0.247 e. The first-order valence-corrected chi connectivity index (χ1v) is 2.42. The van der Waals surface area contributed by atoms with Gasteiger partial charge in [0.1, 0.15) is 6.10 Å². The normalized spacial score (nSPS) is 25.1. The van der Waals surface area contributed by atoms with Gasteiger partial charge >= 0.3 is 0 Å². The predicted octanol–water partition coefficient (Wildman–Crippen LogP) is -1.16. The highest BCUT2D eigenvalue weighted by atomic mass is 35.5. The molecule has 1 rings (SSSR count). The van der Waals surface area contributed by atoms with Crippen molar-refractivity contribution in [1.29, 1.82) is 0 Å². The fourth-order valence-electron chi connectivity index (χ4n) is 0.591. The molecule has 1 fully saturated rings. The molecule has 5 heteroatoms. The summed E-state index contributed by atoms with van der Waals surface area (Å²) in [7, 11) is 0. The molecule has 0 aromatic heterocycles. The molecule has 0 aliphatic carbocycles. The monoisotopic (exact) mass is 152 g/mol. The second-order valence-corrected chi connectivity index (χ2v) is 1.66. The second-order valence-electron chi connectivity index (χ2n) is 1.66. The van der Waals surface area contributed by atoms with Crippen molar-refractivity contribution < 1.29 is 9.53 Å². The van der Waals surface area contributed by atoms with Crippen LogP contribution in [0.1, 0.15) is 0 Å². The summed E-state index contributed by atoms with van der Waals surface area (Å²) < 4.78 is 4.83. The van der Waals surface area contributed by atoms with Gasteiger partial charge in [-0.05, 0) is 0 Å². The van der Waals surface area contributed by atoms with Crippen LogP contribution in [-0.4, -0.2) is 25.3 Å². The van der Waals surface area contributed by atoms with E-state index in [4.69, 9.17) is 10.5 Å². The summed E-state index contributed by atoms with van der Waals surface area (Å²) in [6.45, 7) is 0.989. The van der Waals surface area contributed by atoms with E-state index in [1.54, 1.807) is 0 Å². The lowest BCUT2D eigenvalue weighted by atomic mass is 10.3. The number of hydrogen-bond donors (Lipinski definition) is 2. The number of hydrogen-bond acceptors (Lipinski definition) is 3. The van der Waals surface area contributed by atoms with Crippen LogP contribution in [0.5, 0.6) is 0 Å². The lowest BCUT2D eigenvalue weighted by molar-refractivity contribution is -0.126. The zero-order chi connectivity index (χ0) is 5.98. The van der Waals surface area contributed by atoms with E-state index >= 15 is 0 Å². The first kappa shape index (κ1) is 8.68. The molecule has 3 N–H and O–H groups in total. The van der Waals surface area contributed by atoms with Gasteiger partial charge in [0, 0.05) is 6.54 Å². The zero-order valence-corrected chi connectivity index (χ0v) is 5.61. The summed E-state index contributed by atoms with van der Waals surface area (Å²) in [6, 6.07) is 0. The third-order valence-corrected chi connectivity index (χ3v) is 1.03. The number of ether oxygens (including phenoxy) is 1. The summed E-state index contributed by atoms with van der Waals surface area (Å²) in [6.07, 6.45) is -0.407. The van der Waals surface area contributed by atoms with Crippen molar-refractivity contribution in [2.45, 2.75) is 6.10 Å². The van der Waals surface area contributed by atoms with Crippen molar-refractivity contribution in [2.75, 3.05) is 13.3 Å². The molecular weight excluding hydrogens is 144 g/mol. The molecule has 0 spiro atoms. The number of halogens is 1. The van der Waals surface area contributed by atoms with Crippen LogP contribution >= 0.6 is 12.4 Å². The number of nitrogens with one attached hydrogen (secondary N) is 1. The van der Waals surface area contributed by atoms with Crippen LogP contribution in [0.4, 0.5) is 0 Å². The van der Waals surface area contributed by atoms with Gasteiger partial charge in [-0.2, -0.15) is 0 Å². The third kappa shape index (κ3) is 2.17. The van der Waals surface area contributed by atoms with E-state index in [1.807, 2.05) is 0 Å². The standard InChI is InChI=1S/C4H8N2O2.ClH/c5-4(7)3-1-6-2-8-3;/h3,6H,1-2H2,(H2,5,7);1H.